The summed E-state index contributed by atoms with van der Waals surface area (Å²) in [6, 6.07) is 7.14. The van der Waals surface area contributed by atoms with E-state index in [1.165, 1.54) is 6.07 Å². The molecule has 8 heteroatoms. The number of rotatable bonds is 5. The van der Waals surface area contributed by atoms with Crippen molar-refractivity contribution in [2.24, 2.45) is 4.99 Å². The summed E-state index contributed by atoms with van der Waals surface area (Å²) < 4.78 is 19.1. The van der Waals surface area contributed by atoms with Gasteiger partial charge in [-0.1, -0.05) is 6.07 Å². The van der Waals surface area contributed by atoms with Gasteiger partial charge >= 0.3 is 0 Å². The smallest absolute Gasteiger partial charge is 0.191 e. The molecular weight excluding hydrogens is 484 g/mol. The third-order valence-electron chi connectivity index (χ3n) is 6.12. The molecule has 0 saturated carbocycles. The Morgan fingerprint density at radius 2 is 2.10 bits per heavy atom. The number of nitrogens with one attached hydrogen (secondary N) is 2. The van der Waals surface area contributed by atoms with Crippen LogP contribution in [0.25, 0.3) is 0 Å². The monoisotopic (exact) mass is 519 g/mol. The van der Waals surface area contributed by atoms with Gasteiger partial charge in [0.2, 0.25) is 0 Å². The number of hydrogen-bond donors (Lipinski definition) is 2. The molecule has 0 aliphatic carbocycles. The van der Waals surface area contributed by atoms with Gasteiger partial charge in [-0.2, -0.15) is 0 Å². The summed E-state index contributed by atoms with van der Waals surface area (Å²) in [7, 11) is 6.09. The maximum absolute atomic E-state index is 13.6. The molecule has 2 heterocycles. The fourth-order valence-electron chi connectivity index (χ4n) is 4.17. The van der Waals surface area contributed by atoms with Crippen molar-refractivity contribution in [1.82, 2.24) is 15.5 Å². The second kappa shape index (κ2) is 11.3. The normalized spacial score (nSPS) is 22.2. The van der Waals surface area contributed by atoms with Crippen LogP contribution < -0.4 is 15.5 Å². The van der Waals surface area contributed by atoms with E-state index in [2.05, 4.69) is 39.5 Å². The minimum atomic E-state index is -0.185. The minimum absolute atomic E-state index is 0. The van der Waals surface area contributed by atoms with Gasteiger partial charge in [0.15, 0.2) is 5.96 Å². The lowest BCUT2D eigenvalue weighted by atomic mass is 9.88. The first-order valence-electron chi connectivity index (χ1n) is 10.3. The van der Waals surface area contributed by atoms with Gasteiger partial charge < -0.3 is 25.2 Å². The van der Waals surface area contributed by atoms with Gasteiger partial charge in [-0.15, -0.1) is 24.0 Å². The van der Waals surface area contributed by atoms with Crippen molar-refractivity contribution in [3.8, 4) is 0 Å². The highest BCUT2D eigenvalue weighted by Crippen LogP contribution is 2.25. The molecule has 6 nitrogen and oxygen atoms in total. The molecule has 0 amide bonds. The summed E-state index contributed by atoms with van der Waals surface area (Å²) in [4.78, 5) is 8.99. The van der Waals surface area contributed by atoms with Crippen molar-refractivity contribution >= 4 is 35.6 Å². The fraction of sp³-hybridized carbons (Fsp3) is 0.667. The molecule has 2 aliphatic heterocycles. The van der Waals surface area contributed by atoms with Crippen molar-refractivity contribution in [3.05, 3.63) is 30.1 Å². The summed E-state index contributed by atoms with van der Waals surface area (Å²) in [6.07, 6.45) is 4.19. The Hall–Kier alpha value is -1.13. The standard InChI is InChI=1S/C21H34FN5O.HI/c1-23-20(24-16-21(26(2)3)9-12-28-13-10-21)25-18-7-5-11-27(15-18)19-8-4-6-17(22)14-19;/h4,6,8,14,18H,5,7,9-13,15-16H2,1-3H3,(H2,23,24,25);1H. The average Bonchev–Trinajstić information content (AvgIpc) is 2.72. The van der Waals surface area contributed by atoms with E-state index >= 15 is 0 Å². The zero-order valence-electron chi connectivity index (χ0n) is 17.8. The van der Waals surface area contributed by atoms with Crippen LogP contribution in [0.2, 0.25) is 0 Å². The number of anilines is 1. The molecule has 1 aromatic rings. The highest BCUT2D eigenvalue weighted by molar-refractivity contribution is 14.0. The van der Waals surface area contributed by atoms with E-state index in [0.717, 1.165) is 70.2 Å². The summed E-state index contributed by atoms with van der Waals surface area (Å²) in [5.74, 6) is 0.648. The largest absolute Gasteiger partial charge is 0.381 e. The Kier molecular flexibility index (Phi) is 9.42. The number of halogens is 2. The zero-order valence-corrected chi connectivity index (χ0v) is 20.1. The molecule has 1 aromatic carbocycles. The fourth-order valence-corrected chi connectivity index (χ4v) is 4.17. The van der Waals surface area contributed by atoms with Crippen LogP contribution >= 0.6 is 24.0 Å². The van der Waals surface area contributed by atoms with E-state index < -0.39 is 0 Å². The summed E-state index contributed by atoms with van der Waals surface area (Å²) in [5.41, 5.74) is 1.04. The Bertz CT molecular complexity index is 666. The van der Waals surface area contributed by atoms with Crippen LogP contribution in [0.4, 0.5) is 10.1 Å². The Morgan fingerprint density at radius 3 is 2.76 bits per heavy atom. The first kappa shape index (κ1) is 24.1. The van der Waals surface area contributed by atoms with Crippen LogP contribution in [-0.2, 0) is 4.74 Å². The number of benzene rings is 1. The van der Waals surface area contributed by atoms with Crippen LogP contribution in [0.15, 0.2) is 29.3 Å². The highest BCUT2D eigenvalue weighted by Gasteiger charge is 2.35. The van der Waals surface area contributed by atoms with Crippen molar-refractivity contribution in [3.63, 3.8) is 0 Å². The van der Waals surface area contributed by atoms with Crippen LogP contribution in [0.3, 0.4) is 0 Å². The number of ether oxygens (including phenoxy) is 1. The van der Waals surface area contributed by atoms with Crippen LogP contribution in [-0.4, -0.2) is 76.4 Å². The minimum Gasteiger partial charge on any atom is -0.381 e. The maximum Gasteiger partial charge on any atom is 0.191 e. The molecule has 2 N–H and O–H groups in total. The second-order valence-electron chi connectivity index (χ2n) is 8.07. The van der Waals surface area contributed by atoms with Gasteiger partial charge in [-0.3, -0.25) is 4.99 Å². The quantitative estimate of drug-likeness (QED) is 0.356. The Morgan fingerprint density at radius 1 is 1.34 bits per heavy atom. The number of nitrogens with zero attached hydrogens (tertiary/aromatic N) is 3. The van der Waals surface area contributed by atoms with Crippen molar-refractivity contribution < 1.29 is 9.13 Å². The van der Waals surface area contributed by atoms with Gasteiger partial charge in [-0.25, -0.2) is 4.39 Å². The van der Waals surface area contributed by atoms with Gasteiger partial charge in [0.25, 0.3) is 0 Å². The molecule has 1 unspecified atom stereocenters. The molecule has 3 rings (SSSR count). The summed E-state index contributed by atoms with van der Waals surface area (Å²) in [6.45, 7) is 4.24. The molecule has 0 spiro atoms. The van der Waals surface area contributed by atoms with Gasteiger partial charge in [0.1, 0.15) is 5.82 Å². The Labute approximate surface area is 191 Å². The molecule has 2 aliphatic rings. The van der Waals surface area contributed by atoms with E-state index in [0.29, 0.717) is 0 Å². The zero-order chi connectivity index (χ0) is 20.0. The third kappa shape index (κ3) is 6.42. The third-order valence-corrected chi connectivity index (χ3v) is 6.12. The van der Waals surface area contributed by atoms with Crippen LogP contribution in [0.1, 0.15) is 25.7 Å². The number of guanidine groups is 1. The van der Waals surface area contributed by atoms with E-state index in [4.69, 9.17) is 4.74 Å². The van der Waals surface area contributed by atoms with E-state index in [1.54, 1.807) is 12.1 Å². The van der Waals surface area contributed by atoms with E-state index in [1.807, 2.05) is 13.1 Å². The first-order valence-corrected chi connectivity index (χ1v) is 10.3. The van der Waals surface area contributed by atoms with Crippen LogP contribution in [0.5, 0.6) is 0 Å². The molecular formula is C21H35FIN5O. The number of piperidine rings is 1. The van der Waals surface area contributed by atoms with Gasteiger partial charge in [0.05, 0.1) is 0 Å². The summed E-state index contributed by atoms with van der Waals surface area (Å²) >= 11 is 0. The number of aliphatic imine (C=N–C) groups is 1. The lowest BCUT2D eigenvalue weighted by molar-refractivity contribution is -0.00503. The Balaban J connectivity index is 0.00000300. The lowest BCUT2D eigenvalue weighted by Gasteiger charge is -2.43. The molecule has 0 bridgehead atoms. The SMILES string of the molecule is CN=C(NCC1(N(C)C)CCOCC1)NC1CCCN(c2cccc(F)c2)C1.I. The molecule has 0 aromatic heterocycles. The van der Waals surface area contributed by atoms with Crippen molar-refractivity contribution in [1.29, 1.82) is 0 Å². The van der Waals surface area contributed by atoms with Gasteiger partial charge in [-0.05, 0) is 58.0 Å². The molecule has 1 atom stereocenters. The van der Waals surface area contributed by atoms with E-state index in [9.17, 15) is 4.39 Å². The molecule has 164 valence electrons. The van der Waals surface area contributed by atoms with Crippen LogP contribution in [0, 0.1) is 5.82 Å². The highest BCUT2D eigenvalue weighted by atomic mass is 127. The summed E-state index contributed by atoms with van der Waals surface area (Å²) in [5, 5.41) is 7.10. The number of likely N-dealkylation sites (N-methyl/N-ethyl adjacent to an activating group) is 1. The topological polar surface area (TPSA) is 52.1 Å². The molecule has 0 radical (unpaired) electrons. The van der Waals surface area contributed by atoms with E-state index in [-0.39, 0.29) is 41.4 Å². The maximum atomic E-state index is 13.6. The predicted octanol–water partition coefficient (Wildman–Crippen LogP) is 2.69. The van der Waals surface area contributed by atoms with Gasteiger partial charge in [0, 0.05) is 57.2 Å². The molecule has 2 fully saturated rings. The molecule has 2 saturated heterocycles. The lowest BCUT2D eigenvalue weighted by Crippen LogP contribution is -2.58. The predicted molar refractivity (Wildman–Crippen MR) is 128 cm³/mol. The first-order chi connectivity index (χ1) is 13.5. The number of hydrogen-bond acceptors (Lipinski definition) is 4. The second-order valence-corrected chi connectivity index (χ2v) is 8.07. The average molecular weight is 519 g/mol. The van der Waals surface area contributed by atoms with Crippen molar-refractivity contribution in [2.75, 3.05) is 58.9 Å². The van der Waals surface area contributed by atoms with Crippen molar-refractivity contribution in [2.45, 2.75) is 37.3 Å². The molecule has 29 heavy (non-hydrogen) atoms.